The molecule has 3 heterocycles. The summed E-state index contributed by atoms with van der Waals surface area (Å²) in [5, 5.41) is 1.89. The second kappa shape index (κ2) is 6.17. The van der Waals surface area contributed by atoms with Gasteiger partial charge in [0.1, 0.15) is 15.7 Å². The molecular weight excluding hydrogens is 348 g/mol. The highest BCUT2D eigenvalue weighted by molar-refractivity contribution is 9.10. The van der Waals surface area contributed by atoms with E-state index in [0.717, 1.165) is 32.3 Å². The smallest absolute Gasteiger partial charge is 0.138 e. The number of hydrogen-bond acceptors (Lipinski definition) is 4. The lowest BCUT2D eigenvalue weighted by Gasteiger charge is -2.07. The summed E-state index contributed by atoms with van der Waals surface area (Å²) in [5.41, 5.74) is 8.06. The van der Waals surface area contributed by atoms with Gasteiger partial charge in [-0.25, -0.2) is 9.97 Å². The van der Waals surface area contributed by atoms with Crippen LogP contribution in [0.25, 0.3) is 5.65 Å². The molecule has 0 saturated heterocycles. The fraction of sp³-hybridized carbons (Fsp3) is 0.200. The lowest BCUT2D eigenvalue weighted by atomic mass is 10.2. The van der Waals surface area contributed by atoms with Crippen LogP contribution in [0.2, 0.25) is 0 Å². The van der Waals surface area contributed by atoms with Gasteiger partial charge >= 0.3 is 0 Å². The molecule has 0 aromatic carbocycles. The van der Waals surface area contributed by atoms with Crippen LogP contribution >= 0.6 is 27.7 Å². The maximum absolute atomic E-state index is 5.98. The highest BCUT2D eigenvalue weighted by Crippen LogP contribution is 2.30. The van der Waals surface area contributed by atoms with E-state index < -0.39 is 0 Å². The number of fused-ring (bicyclic) bond motifs is 1. The van der Waals surface area contributed by atoms with Crippen LogP contribution in [0, 0.1) is 0 Å². The average Bonchev–Trinajstić information content (AvgIpc) is 2.79. The Morgan fingerprint density at radius 3 is 2.90 bits per heavy atom. The van der Waals surface area contributed by atoms with Crippen molar-refractivity contribution in [3.8, 4) is 0 Å². The zero-order chi connectivity index (χ0) is 14.8. The van der Waals surface area contributed by atoms with Crippen molar-refractivity contribution in [3.05, 3.63) is 52.9 Å². The predicted molar refractivity (Wildman–Crippen MR) is 88.6 cm³/mol. The van der Waals surface area contributed by atoms with Crippen LogP contribution < -0.4 is 5.73 Å². The topological polar surface area (TPSA) is 56.2 Å². The molecule has 3 rings (SSSR count). The van der Waals surface area contributed by atoms with Crippen LogP contribution in [0.4, 0.5) is 0 Å². The largest absolute Gasteiger partial charge is 0.328 e. The Morgan fingerprint density at radius 1 is 1.33 bits per heavy atom. The maximum Gasteiger partial charge on any atom is 0.138 e. The van der Waals surface area contributed by atoms with E-state index in [4.69, 9.17) is 10.7 Å². The van der Waals surface area contributed by atoms with Crippen LogP contribution in [-0.2, 0) is 6.42 Å². The van der Waals surface area contributed by atoms with Crippen molar-refractivity contribution in [3.63, 3.8) is 0 Å². The molecule has 6 heteroatoms. The zero-order valence-corrected chi connectivity index (χ0v) is 13.9. The van der Waals surface area contributed by atoms with Gasteiger partial charge in [-0.05, 0) is 58.9 Å². The van der Waals surface area contributed by atoms with Gasteiger partial charge < -0.3 is 10.1 Å². The van der Waals surface area contributed by atoms with Gasteiger partial charge in [0.05, 0.1) is 5.69 Å². The van der Waals surface area contributed by atoms with Gasteiger partial charge in [0.15, 0.2) is 0 Å². The minimum atomic E-state index is 0.0855. The third kappa shape index (κ3) is 3.28. The van der Waals surface area contributed by atoms with Crippen LogP contribution in [-0.4, -0.2) is 20.4 Å². The Kier molecular flexibility index (Phi) is 4.28. The molecule has 2 N–H and O–H groups in total. The molecule has 0 saturated carbocycles. The first-order valence-electron chi connectivity index (χ1n) is 6.64. The predicted octanol–water partition coefficient (Wildman–Crippen LogP) is 3.53. The lowest BCUT2D eigenvalue weighted by molar-refractivity contribution is 0.705. The molecule has 3 aromatic heterocycles. The Morgan fingerprint density at radius 2 is 2.19 bits per heavy atom. The summed E-state index contributed by atoms with van der Waals surface area (Å²) in [4.78, 5) is 9.10. The molecule has 0 fully saturated rings. The molecule has 0 aliphatic carbocycles. The third-order valence-electron chi connectivity index (χ3n) is 3.01. The third-order valence-corrected chi connectivity index (χ3v) is 4.45. The quantitative estimate of drug-likeness (QED) is 0.771. The van der Waals surface area contributed by atoms with Crippen LogP contribution in [0.3, 0.4) is 0 Å². The van der Waals surface area contributed by atoms with Crippen molar-refractivity contribution in [2.24, 2.45) is 5.73 Å². The van der Waals surface area contributed by atoms with E-state index in [1.54, 1.807) is 18.0 Å². The molecule has 0 spiro atoms. The average molecular weight is 363 g/mol. The van der Waals surface area contributed by atoms with E-state index in [0.29, 0.717) is 0 Å². The van der Waals surface area contributed by atoms with E-state index >= 15 is 0 Å². The first-order chi connectivity index (χ1) is 10.1. The van der Waals surface area contributed by atoms with Crippen molar-refractivity contribution in [2.75, 3.05) is 0 Å². The summed E-state index contributed by atoms with van der Waals surface area (Å²) >= 11 is 4.97. The fourth-order valence-electron chi connectivity index (χ4n) is 2.12. The molecule has 1 atom stereocenters. The van der Waals surface area contributed by atoms with Crippen molar-refractivity contribution >= 4 is 33.3 Å². The Bertz CT molecular complexity index is 752. The molecule has 108 valence electrons. The number of imidazole rings is 1. The number of nitrogens with two attached hydrogens (primary N) is 1. The molecule has 0 aliphatic rings. The van der Waals surface area contributed by atoms with Crippen molar-refractivity contribution < 1.29 is 0 Å². The van der Waals surface area contributed by atoms with Gasteiger partial charge in [0, 0.05) is 29.3 Å². The molecule has 4 nitrogen and oxygen atoms in total. The molecule has 0 amide bonds. The van der Waals surface area contributed by atoms with Gasteiger partial charge in [0.25, 0.3) is 0 Å². The van der Waals surface area contributed by atoms with Gasteiger partial charge in [-0.2, -0.15) is 0 Å². The first kappa shape index (κ1) is 14.6. The van der Waals surface area contributed by atoms with Gasteiger partial charge in [-0.1, -0.05) is 6.07 Å². The summed E-state index contributed by atoms with van der Waals surface area (Å²) in [6, 6.07) is 10.0. The summed E-state index contributed by atoms with van der Waals surface area (Å²) in [7, 11) is 0. The second-order valence-corrected chi connectivity index (χ2v) is 6.82. The Hall–Kier alpha value is -1.37. The van der Waals surface area contributed by atoms with E-state index in [1.807, 2.05) is 43.5 Å². The maximum atomic E-state index is 5.98. The van der Waals surface area contributed by atoms with E-state index in [9.17, 15) is 0 Å². The lowest BCUT2D eigenvalue weighted by Crippen LogP contribution is -2.19. The molecule has 0 aliphatic heterocycles. The van der Waals surface area contributed by atoms with E-state index in [2.05, 4.69) is 25.3 Å². The van der Waals surface area contributed by atoms with Crippen LogP contribution in [0.1, 0.15) is 12.6 Å². The molecule has 0 bridgehead atoms. The van der Waals surface area contributed by atoms with E-state index in [1.165, 1.54) is 0 Å². The summed E-state index contributed by atoms with van der Waals surface area (Å²) in [5.74, 6) is 0. The summed E-state index contributed by atoms with van der Waals surface area (Å²) in [6.07, 6.45) is 4.60. The zero-order valence-electron chi connectivity index (χ0n) is 11.5. The molecule has 3 aromatic rings. The minimum absolute atomic E-state index is 0.0855. The summed E-state index contributed by atoms with van der Waals surface area (Å²) < 4.78 is 3.07. The van der Waals surface area contributed by atoms with Crippen molar-refractivity contribution in [2.45, 2.75) is 29.4 Å². The fourth-order valence-corrected chi connectivity index (χ4v) is 3.23. The number of halogens is 1. The molecule has 1 unspecified atom stereocenters. The van der Waals surface area contributed by atoms with Gasteiger partial charge in [-0.3, -0.25) is 0 Å². The first-order valence-corrected chi connectivity index (χ1v) is 8.25. The molecule has 21 heavy (non-hydrogen) atoms. The number of pyridine rings is 2. The number of aromatic nitrogens is 3. The standard InChI is InChI=1S/C15H15BrN4S/c1-10(17)8-12-15(19-13-4-2-3-7-20(12)13)21-14-6-5-11(16)9-18-14/h2-7,9-10H,8,17H2,1H3. The molecule has 0 radical (unpaired) electrons. The second-order valence-electron chi connectivity index (χ2n) is 4.89. The SMILES string of the molecule is CC(N)Cc1c(Sc2ccc(Br)cn2)nc2ccccn12. The number of hydrogen-bond donors (Lipinski definition) is 1. The van der Waals surface area contributed by atoms with Gasteiger partial charge in [-0.15, -0.1) is 0 Å². The molecular formula is C15H15BrN4S. The highest BCUT2D eigenvalue weighted by atomic mass is 79.9. The normalized spacial score (nSPS) is 12.7. The number of rotatable bonds is 4. The Labute approximate surface area is 135 Å². The monoisotopic (exact) mass is 362 g/mol. The van der Waals surface area contributed by atoms with Crippen molar-refractivity contribution in [1.82, 2.24) is 14.4 Å². The minimum Gasteiger partial charge on any atom is -0.328 e. The highest BCUT2D eigenvalue weighted by Gasteiger charge is 2.15. The van der Waals surface area contributed by atoms with Crippen LogP contribution in [0.5, 0.6) is 0 Å². The van der Waals surface area contributed by atoms with Gasteiger partial charge in [0.2, 0.25) is 0 Å². The van der Waals surface area contributed by atoms with E-state index in [-0.39, 0.29) is 6.04 Å². The number of nitrogens with zero attached hydrogens (tertiary/aromatic N) is 3. The van der Waals surface area contributed by atoms with Crippen molar-refractivity contribution in [1.29, 1.82) is 0 Å². The summed E-state index contributed by atoms with van der Waals surface area (Å²) in [6.45, 7) is 2.01. The Balaban J connectivity index is 2.02. The van der Waals surface area contributed by atoms with Crippen LogP contribution in [0.15, 0.2) is 57.3 Å².